The van der Waals surface area contributed by atoms with E-state index in [4.69, 9.17) is 15.6 Å². The Morgan fingerprint density at radius 3 is 2.48 bits per heavy atom. The number of imide groups is 2. The molecule has 0 aliphatic carbocycles. The topological polar surface area (TPSA) is 183 Å². The van der Waals surface area contributed by atoms with Crippen LogP contribution in [0.4, 0.5) is 10.2 Å². The molecule has 5 amide bonds. The molecule has 3 aromatic carbocycles. The lowest BCUT2D eigenvalue weighted by molar-refractivity contribution is -0.136. The summed E-state index contributed by atoms with van der Waals surface area (Å²) in [5.74, 6) is -0.863. The van der Waals surface area contributed by atoms with Gasteiger partial charge in [-0.05, 0) is 86.4 Å². The molecule has 3 aliphatic rings. The molecule has 2 fully saturated rings. The van der Waals surface area contributed by atoms with Crippen molar-refractivity contribution in [3.63, 3.8) is 0 Å². The van der Waals surface area contributed by atoms with E-state index in [1.165, 1.54) is 12.4 Å². The summed E-state index contributed by atoms with van der Waals surface area (Å²) < 4.78 is 22.9. The zero-order valence-electron chi connectivity index (χ0n) is 31.6. The van der Waals surface area contributed by atoms with Gasteiger partial charge in [0.05, 0.1) is 27.5 Å². The number of thioether (sulfide) groups is 1. The third-order valence-corrected chi connectivity index (χ3v) is 11.9. The average Bonchev–Trinajstić information content (AvgIpc) is 3.74. The summed E-state index contributed by atoms with van der Waals surface area (Å²) in [6, 6.07) is 18.4. The molecule has 0 saturated carbocycles. The van der Waals surface area contributed by atoms with Gasteiger partial charge in [0, 0.05) is 31.5 Å². The smallest absolute Gasteiger partial charge is 0.263 e. The van der Waals surface area contributed by atoms with Crippen molar-refractivity contribution in [1.82, 2.24) is 34.9 Å². The van der Waals surface area contributed by atoms with Gasteiger partial charge in [-0.25, -0.2) is 19.0 Å². The van der Waals surface area contributed by atoms with E-state index in [2.05, 4.69) is 15.3 Å². The van der Waals surface area contributed by atoms with Crippen molar-refractivity contribution in [1.29, 1.82) is 0 Å². The number of unbranched alkanes of at least 4 members (excludes halogenated alkanes) is 3. The molecule has 5 heterocycles. The van der Waals surface area contributed by atoms with Gasteiger partial charge in [-0.1, -0.05) is 31.0 Å². The molecule has 0 spiro atoms. The van der Waals surface area contributed by atoms with E-state index in [1.54, 1.807) is 0 Å². The van der Waals surface area contributed by atoms with Gasteiger partial charge in [0.25, 0.3) is 11.8 Å². The highest BCUT2D eigenvalue weighted by molar-refractivity contribution is 7.99. The maximum absolute atomic E-state index is 15.0. The lowest BCUT2D eigenvalue weighted by Crippen LogP contribution is -2.54. The molecule has 2 aromatic heterocycles. The molecule has 5 aromatic rings. The van der Waals surface area contributed by atoms with Crippen LogP contribution in [0.25, 0.3) is 22.3 Å². The first-order valence-corrected chi connectivity index (χ1v) is 20.4. The highest BCUT2D eigenvalue weighted by Gasteiger charge is 2.46. The van der Waals surface area contributed by atoms with E-state index >= 15 is 4.39 Å². The minimum Gasteiger partial charge on any atom is -0.457 e. The molecule has 58 heavy (non-hydrogen) atoms. The fraction of sp³-hybridized carbons (Fsp3) is 0.333. The van der Waals surface area contributed by atoms with Crippen molar-refractivity contribution in [2.75, 3.05) is 24.6 Å². The Bertz CT molecular complexity index is 2410. The molecule has 8 rings (SSSR count). The Labute approximate surface area is 337 Å². The van der Waals surface area contributed by atoms with Crippen LogP contribution in [0.1, 0.15) is 84.5 Å². The molecular weight excluding hydrogens is 764 g/mol. The first-order chi connectivity index (χ1) is 28.2. The number of amides is 5. The van der Waals surface area contributed by atoms with Crippen molar-refractivity contribution in [2.45, 2.75) is 74.8 Å². The molecule has 16 heteroatoms. The van der Waals surface area contributed by atoms with Crippen LogP contribution in [0.2, 0.25) is 0 Å². The van der Waals surface area contributed by atoms with Crippen LogP contribution in [-0.2, 0) is 14.4 Å². The fourth-order valence-electron chi connectivity index (χ4n) is 7.85. The van der Waals surface area contributed by atoms with Gasteiger partial charge < -0.3 is 15.4 Å². The van der Waals surface area contributed by atoms with Crippen LogP contribution in [0.3, 0.4) is 0 Å². The SMILES string of the molecule is Nc1ncnc2c1c(-c1ccc(Oc3ccccc3)cc1)nn2[C@@H]1CCCN(C(=O)CCCCCCSc2c(F)ccc3c2C(=O)N(C2CCC(=O)NC2=O)C3=O)C1. The number of anilines is 1. The average molecular weight is 805 g/mol. The van der Waals surface area contributed by atoms with Crippen LogP contribution >= 0.6 is 11.8 Å². The monoisotopic (exact) mass is 804 g/mol. The summed E-state index contributed by atoms with van der Waals surface area (Å²) in [7, 11) is 0. The number of ether oxygens (including phenoxy) is 1. The number of nitrogens with zero attached hydrogens (tertiary/aromatic N) is 6. The number of halogens is 1. The Morgan fingerprint density at radius 1 is 0.914 bits per heavy atom. The second-order valence-electron chi connectivity index (χ2n) is 14.6. The quantitative estimate of drug-likeness (QED) is 0.0773. The first-order valence-electron chi connectivity index (χ1n) is 19.4. The van der Waals surface area contributed by atoms with E-state index in [-0.39, 0.29) is 40.8 Å². The second kappa shape index (κ2) is 16.7. The second-order valence-corrected chi connectivity index (χ2v) is 15.7. The third kappa shape index (κ3) is 7.75. The van der Waals surface area contributed by atoms with Crippen LogP contribution < -0.4 is 15.8 Å². The number of rotatable bonds is 13. The number of hydrogen-bond acceptors (Lipinski definition) is 11. The molecule has 2 atom stereocenters. The molecule has 2 saturated heterocycles. The fourth-order valence-corrected chi connectivity index (χ4v) is 8.95. The summed E-state index contributed by atoms with van der Waals surface area (Å²) in [4.78, 5) is 75.6. The zero-order valence-corrected chi connectivity index (χ0v) is 32.4. The van der Waals surface area contributed by atoms with E-state index < -0.39 is 35.5 Å². The maximum atomic E-state index is 15.0. The number of fused-ring (bicyclic) bond motifs is 2. The van der Waals surface area contributed by atoms with Gasteiger partial charge in [-0.3, -0.25) is 34.2 Å². The molecule has 3 N–H and O–H groups in total. The minimum absolute atomic E-state index is 0.00258. The summed E-state index contributed by atoms with van der Waals surface area (Å²) in [6.45, 7) is 1.15. The summed E-state index contributed by atoms with van der Waals surface area (Å²) in [5, 5.41) is 7.84. The van der Waals surface area contributed by atoms with Crippen LogP contribution in [0.5, 0.6) is 11.5 Å². The van der Waals surface area contributed by atoms with Crippen molar-refractivity contribution >= 4 is 58.1 Å². The summed E-state index contributed by atoms with van der Waals surface area (Å²) in [6.07, 6.45) is 6.47. The molecule has 0 bridgehead atoms. The highest BCUT2D eigenvalue weighted by Crippen LogP contribution is 2.38. The van der Waals surface area contributed by atoms with E-state index in [0.717, 1.165) is 59.7 Å². The van der Waals surface area contributed by atoms with Crippen LogP contribution in [-0.4, -0.2) is 84.0 Å². The zero-order chi connectivity index (χ0) is 40.3. The number of hydrogen-bond donors (Lipinski definition) is 2. The van der Waals surface area contributed by atoms with Gasteiger partial charge in [0.2, 0.25) is 17.7 Å². The first kappa shape index (κ1) is 38.7. The Balaban J connectivity index is 0.838. The number of carbonyl (C=O) groups is 5. The molecule has 3 aliphatic heterocycles. The number of benzene rings is 3. The number of nitrogens with two attached hydrogens (primary N) is 1. The largest absolute Gasteiger partial charge is 0.457 e. The Hall–Kier alpha value is -6.16. The van der Waals surface area contributed by atoms with Crippen molar-refractivity contribution in [2.24, 2.45) is 0 Å². The predicted molar refractivity (Wildman–Crippen MR) is 213 cm³/mol. The standard InChI is InChI=1S/C42H41FN8O6S/c43-30-18-17-29-34(42(56)50(41(29)55)31-19-20-32(52)47-40(31)54)37(30)58-22-7-2-1-6-12-33(53)49-21-8-9-26(23-49)51-39-35(38(44)45-24-46-39)36(48-51)25-13-15-28(16-14-25)57-27-10-4-3-5-11-27/h3-5,10-11,13-18,24,26,31H,1-2,6-9,12,19-23H2,(H2,44,45,46)(H,47,52,54)/t26-,31?/m1/s1. The van der Waals surface area contributed by atoms with Crippen LogP contribution in [0, 0.1) is 5.82 Å². The van der Waals surface area contributed by atoms with E-state index in [1.807, 2.05) is 64.2 Å². The van der Waals surface area contributed by atoms with Gasteiger partial charge in [-0.15, -0.1) is 11.8 Å². The molecule has 0 radical (unpaired) electrons. The number of carbonyl (C=O) groups excluding carboxylic acids is 5. The van der Waals surface area contributed by atoms with Gasteiger partial charge in [-0.2, -0.15) is 5.10 Å². The number of para-hydroxylation sites is 1. The molecular formula is C42H41FN8O6S. The molecule has 298 valence electrons. The number of piperidine rings is 2. The number of likely N-dealkylation sites (tertiary alicyclic amines) is 1. The van der Waals surface area contributed by atoms with Gasteiger partial charge in [0.15, 0.2) is 5.65 Å². The van der Waals surface area contributed by atoms with Gasteiger partial charge >= 0.3 is 0 Å². The molecule has 14 nitrogen and oxygen atoms in total. The minimum atomic E-state index is -1.12. The number of nitrogen functional groups attached to an aromatic ring is 1. The summed E-state index contributed by atoms with van der Waals surface area (Å²) in [5.41, 5.74) is 8.52. The van der Waals surface area contributed by atoms with Gasteiger partial charge in [0.1, 0.15) is 41.2 Å². The third-order valence-electron chi connectivity index (χ3n) is 10.8. The van der Waals surface area contributed by atoms with Crippen molar-refractivity contribution < 1.29 is 33.1 Å². The highest BCUT2D eigenvalue weighted by atomic mass is 32.2. The summed E-state index contributed by atoms with van der Waals surface area (Å²) >= 11 is 1.16. The van der Waals surface area contributed by atoms with Crippen molar-refractivity contribution in [3.8, 4) is 22.8 Å². The molecule has 1 unspecified atom stereocenters. The predicted octanol–water partition coefficient (Wildman–Crippen LogP) is 6.31. The lowest BCUT2D eigenvalue weighted by atomic mass is 10.0. The Morgan fingerprint density at radius 2 is 1.69 bits per heavy atom. The maximum Gasteiger partial charge on any atom is 0.263 e. The normalized spacial score (nSPS) is 18.2. The number of nitrogens with one attached hydrogen (secondary N) is 1. The van der Waals surface area contributed by atoms with E-state index in [9.17, 15) is 24.0 Å². The van der Waals surface area contributed by atoms with Crippen LogP contribution in [0.15, 0.2) is 78.0 Å². The van der Waals surface area contributed by atoms with Crippen molar-refractivity contribution in [3.05, 3.63) is 90.0 Å². The number of aromatic nitrogens is 4. The van der Waals surface area contributed by atoms with E-state index in [0.29, 0.717) is 66.4 Å². The lowest BCUT2D eigenvalue weighted by Gasteiger charge is -2.33. The Kier molecular flexibility index (Phi) is 11.2.